The molecule has 0 amide bonds. The standard InChI is InChI=1S/C13H13N3O3S/c1-10-4-5-12(11(7-10)3-2-6-17)16-20(18,19)13-8-14-9-15-13/h4-5,7-9,16-17H,6H2,1H3,(H,14,15). The molecular formula is C13H13N3O3S. The second-order valence-corrected chi connectivity index (χ2v) is 5.68. The van der Waals surface area contributed by atoms with Gasteiger partial charge in [-0.05, 0) is 24.6 Å². The van der Waals surface area contributed by atoms with Gasteiger partial charge >= 0.3 is 0 Å². The van der Waals surface area contributed by atoms with Crippen molar-refractivity contribution < 1.29 is 13.5 Å². The number of aliphatic hydroxyl groups excluding tert-OH is 1. The molecule has 0 bridgehead atoms. The van der Waals surface area contributed by atoms with Crippen molar-refractivity contribution in [3.63, 3.8) is 0 Å². The van der Waals surface area contributed by atoms with Gasteiger partial charge in [0.1, 0.15) is 6.61 Å². The molecule has 6 nitrogen and oxygen atoms in total. The number of aromatic nitrogens is 2. The normalized spacial score (nSPS) is 10.7. The zero-order valence-corrected chi connectivity index (χ0v) is 11.5. The number of benzene rings is 1. The predicted molar refractivity (Wildman–Crippen MR) is 74.5 cm³/mol. The van der Waals surface area contributed by atoms with Gasteiger partial charge in [0.2, 0.25) is 0 Å². The van der Waals surface area contributed by atoms with E-state index in [2.05, 4.69) is 26.5 Å². The summed E-state index contributed by atoms with van der Waals surface area (Å²) in [5.41, 5.74) is 1.80. The average Bonchev–Trinajstić information content (AvgIpc) is 2.93. The Hall–Kier alpha value is -2.30. The molecule has 2 rings (SSSR count). The first-order valence-corrected chi connectivity index (χ1v) is 7.23. The topological polar surface area (TPSA) is 95.1 Å². The largest absolute Gasteiger partial charge is 0.384 e. The Balaban J connectivity index is 2.39. The van der Waals surface area contributed by atoms with Gasteiger partial charge in [-0.25, -0.2) is 4.98 Å². The lowest BCUT2D eigenvalue weighted by molar-refractivity contribution is 0.350. The molecular weight excluding hydrogens is 278 g/mol. The van der Waals surface area contributed by atoms with Crippen LogP contribution in [0.3, 0.4) is 0 Å². The molecule has 2 aromatic rings. The first kappa shape index (κ1) is 14.1. The van der Waals surface area contributed by atoms with Gasteiger partial charge in [-0.1, -0.05) is 17.9 Å². The Morgan fingerprint density at radius 1 is 1.45 bits per heavy atom. The van der Waals surface area contributed by atoms with Crippen LogP contribution in [0.4, 0.5) is 5.69 Å². The first-order chi connectivity index (χ1) is 9.53. The van der Waals surface area contributed by atoms with Crippen molar-refractivity contribution in [3.05, 3.63) is 41.9 Å². The highest BCUT2D eigenvalue weighted by atomic mass is 32.2. The van der Waals surface area contributed by atoms with Crippen LogP contribution in [0.25, 0.3) is 0 Å². The summed E-state index contributed by atoms with van der Waals surface area (Å²) in [7, 11) is -3.73. The minimum absolute atomic E-state index is 0.0286. The number of aryl methyl sites for hydroxylation is 1. The number of nitrogens with zero attached hydrogens (tertiary/aromatic N) is 1. The number of sulfonamides is 1. The lowest BCUT2D eigenvalue weighted by Crippen LogP contribution is -2.14. The molecule has 3 N–H and O–H groups in total. The van der Waals surface area contributed by atoms with Crippen molar-refractivity contribution in [2.45, 2.75) is 11.9 Å². The van der Waals surface area contributed by atoms with Gasteiger partial charge in [0.05, 0.1) is 18.2 Å². The maximum absolute atomic E-state index is 12.1. The molecule has 0 saturated carbocycles. The summed E-state index contributed by atoms with van der Waals surface area (Å²) < 4.78 is 26.6. The molecule has 0 saturated heterocycles. The summed E-state index contributed by atoms with van der Waals surface area (Å²) in [4.78, 5) is 6.21. The number of anilines is 1. The molecule has 0 aliphatic rings. The highest BCUT2D eigenvalue weighted by Gasteiger charge is 2.16. The predicted octanol–water partition coefficient (Wildman–Crippen LogP) is 0.863. The second-order valence-electron chi connectivity index (χ2n) is 4.03. The lowest BCUT2D eigenvalue weighted by atomic mass is 10.1. The van der Waals surface area contributed by atoms with E-state index in [1.165, 1.54) is 12.5 Å². The maximum Gasteiger partial charge on any atom is 0.279 e. The highest BCUT2D eigenvalue weighted by Crippen LogP contribution is 2.19. The Morgan fingerprint density at radius 2 is 2.25 bits per heavy atom. The van der Waals surface area contributed by atoms with Crippen molar-refractivity contribution in [3.8, 4) is 11.8 Å². The van der Waals surface area contributed by atoms with E-state index in [-0.39, 0.29) is 11.6 Å². The van der Waals surface area contributed by atoms with E-state index < -0.39 is 10.0 Å². The van der Waals surface area contributed by atoms with Crippen LogP contribution in [-0.2, 0) is 10.0 Å². The molecule has 7 heteroatoms. The van der Waals surface area contributed by atoms with E-state index in [9.17, 15) is 8.42 Å². The van der Waals surface area contributed by atoms with Gasteiger partial charge in [-0.3, -0.25) is 4.72 Å². The fourth-order valence-electron chi connectivity index (χ4n) is 1.58. The number of aromatic amines is 1. The quantitative estimate of drug-likeness (QED) is 0.731. The molecule has 0 spiro atoms. The van der Waals surface area contributed by atoms with Crippen molar-refractivity contribution in [1.29, 1.82) is 0 Å². The molecule has 0 fully saturated rings. The number of rotatable bonds is 3. The minimum atomic E-state index is -3.73. The molecule has 0 radical (unpaired) electrons. The van der Waals surface area contributed by atoms with Crippen molar-refractivity contribution in [1.82, 2.24) is 9.97 Å². The van der Waals surface area contributed by atoms with Gasteiger partial charge in [-0.2, -0.15) is 8.42 Å². The SMILES string of the molecule is Cc1ccc(NS(=O)(=O)c2cnc[nH]2)c(C#CCO)c1. The summed E-state index contributed by atoms with van der Waals surface area (Å²) in [6.07, 6.45) is 2.51. The summed E-state index contributed by atoms with van der Waals surface area (Å²) in [6.45, 7) is 1.58. The summed E-state index contributed by atoms with van der Waals surface area (Å²) in [5.74, 6) is 5.22. The van der Waals surface area contributed by atoms with E-state index in [1.54, 1.807) is 18.2 Å². The third kappa shape index (κ3) is 3.17. The van der Waals surface area contributed by atoms with Gasteiger partial charge in [0.25, 0.3) is 10.0 Å². The Bertz CT molecular complexity index is 756. The fraction of sp³-hybridized carbons (Fsp3) is 0.154. The van der Waals surface area contributed by atoms with Crippen LogP contribution in [-0.4, -0.2) is 30.1 Å². The van der Waals surface area contributed by atoms with E-state index in [1.807, 2.05) is 6.92 Å². The third-order valence-electron chi connectivity index (χ3n) is 2.48. The molecule has 1 aromatic carbocycles. The molecule has 1 heterocycles. The van der Waals surface area contributed by atoms with Crippen LogP contribution in [0.15, 0.2) is 35.7 Å². The van der Waals surface area contributed by atoms with Crippen LogP contribution in [0, 0.1) is 18.8 Å². The van der Waals surface area contributed by atoms with E-state index in [0.29, 0.717) is 11.3 Å². The molecule has 20 heavy (non-hydrogen) atoms. The number of aliphatic hydroxyl groups is 1. The summed E-state index contributed by atoms with van der Waals surface area (Å²) >= 11 is 0. The molecule has 0 aliphatic heterocycles. The zero-order valence-electron chi connectivity index (χ0n) is 10.7. The van der Waals surface area contributed by atoms with Crippen LogP contribution in [0.5, 0.6) is 0 Å². The summed E-state index contributed by atoms with van der Waals surface area (Å²) in [5, 5.41) is 8.72. The Morgan fingerprint density at radius 3 is 2.90 bits per heavy atom. The van der Waals surface area contributed by atoms with Crippen LogP contribution in [0.1, 0.15) is 11.1 Å². The molecule has 0 unspecified atom stereocenters. The monoisotopic (exact) mass is 291 g/mol. The maximum atomic E-state index is 12.1. The van der Waals surface area contributed by atoms with E-state index in [0.717, 1.165) is 5.56 Å². The van der Waals surface area contributed by atoms with E-state index in [4.69, 9.17) is 5.11 Å². The van der Waals surface area contributed by atoms with Crippen molar-refractivity contribution in [2.24, 2.45) is 0 Å². The number of nitrogens with one attached hydrogen (secondary N) is 2. The molecule has 104 valence electrons. The molecule has 1 aromatic heterocycles. The van der Waals surface area contributed by atoms with Gasteiger partial charge in [0.15, 0.2) is 5.03 Å². The van der Waals surface area contributed by atoms with Gasteiger partial charge < -0.3 is 10.1 Å². The average molecular weight is 291 g/mol. The third-order valence-corrected chi connectivity index (χ3v) is 3.78. The van der Waals surface area contributed by atoms with Crippen molar-refractivity contribution in [2.75, 3.05) is 11.3 Å². The number of H-pyrrole nitrogens is 1. The van der Waals surface area contributed by atoms with Crippen LogP contribution < -0.4 is 4.72 Å². The van der Waals surface area contributed by atoms with E-state index >= 15 is 0 Å². The van der Waals surface area contributed by atoms with Gasteiger partial charge in [0, 0.05) is 5.56 Å². The number of imidazole rings is 1. The lowest BCUT2D eigenvalue weighted by Gasteiger charge is -2.09. The number of hydrogen-bond acceptors (Lipinski definition) is 4. The zero-order chi connectivity index (χ0) is 14.6. The number of hydrogen-bond donors (Lipinski definition) is 3. The smallest absolute Gasteiger partial charge is 0.279 e. The van der Waals surface area contributed by atoms with Crippen molar-refractivity contribution >= 4 is 15.7 Å². The first-order valence-electron chi connectivity index (χ1n) is 5.74. The van der Waals surface area contributed by atoms with Crippen LogP contribution in [0.2, 0.25) is 0 Å². The second kappa shape index (κ2) is 5.77. The van der Waals surface area contributed by atoms with Gasteiger partial charge in [-0.15, -0.1) is 0 Å². The molecule has 0 atom stereocenters. The van der Waals surface area contributed by atoms with Crippen LogP contribution >= 0.6 is 0 Å². The fourth-order valence-corrected chi connectivity index (χ4v) is 2.56. The minimum Gasteiger partial charge on any atom is -0.384 e. The highest BCUT2D eigenvalue weighted by molar-refractivity contribution is 7.92. The summed E-state index contributed by atoms with van der Waals surface area (Å²) in [6, 6.07) is 5.15. The molecule has 0 aliphatic carbocycles. The Labute approximate surface area is 116 Å². The Kier molecular flexibility index (Phi) is 4.08.